The van der Waals surface area contributed by atoms with Crippen LogP contribution in [0.25, 0.3) is 11.4 Å². The van der Waals surface area contributed by atoms with Crippen LogP contribution in [0.2, 0.25) is 0 Å². The van der Waals surface area contributed by atoms with E-state index in [4.69, 9.17) is 9.15 Å². The zero-order valence-electron chi connectivity index (χ0n) is 14.6. The Labute approximate surface area is 155 Å². The first-order chi connectivity index (χ1) is 13.2. The van der Waals surface area contributed by atoms with Crippen molar-refractivity contribution in [2.45, 2.75) is 38.3 Å². The van der Waals surface area contributed by atoms with Crippen LogP contribution in [0.15, 0.2) is 40.8 Å². The van der Waals surface area contributed by atoms with Crippen LogP contribution in [0.1, 0.15) is 42.0 Å². The van der Waals surface area contributed by atoms with Crippen LogP contribution in [0.3, 0.4) is 0 Å². The van der Waals surface area contributed by atoms with Crippen molar-refractivity contribution in [1.82, 2.24) is 25.9 Å². The van der Waals surface area contributed by atoms with Gasteiger partial charge in [0.25, 0.3) is 5.91 Å². The lowest BCUT2D eigenvalue weighted by Gasteiger charge is -2.36. The molecule has 0 bridgehead atoms. The first-order valence-corrected chi connectivity index (χ1v) is 9.06. The predicted molar refractivity (Wildman–Crippen MR) is 94.8 cm³/mol. The molecule has 138 valence electrons. The van der Waals surface area contributed by atoms with Crippen molar-refractivity contribution in [3.63, 3.8) is 0 Å². The summed E-state index contributed by atoms with van der Waals surface area (Å²) in [5.41, 5.74) is 1.29. The molecule has 1 amide bonds. The average molecular weight is 365 g/mol. The highest BCUT2D eigenvalue weighted by Gasteiger charge is 2.53. The van der Waals surface area contributed by atoms with Gasteiger partial charge in [-0.3, -0.25) is 4.79 Å². The van der Waals surface area contributed by atoms with Crippen LogP contribution in [0, 0.1) is 5.41 Å². The number of nitrogens with one attached hydrogen (secondary N) is 2. The van der Waals surface area contributed by atoms with E-state index in [9.17, 15) is 4.79 Å². The third-order valence-corrected chi connectivity index (χ3v) is 5.38. The highest BCUT2D eigenvalue weighted by Crippen LogP contribution is 2.60. The van der Waals surface area contributed by atoms with E-state index < -0.39 is 0 Å². The van der Waals surface area contributed by atoms with Gasteiger partial charge in [-0.1, -0.05) is 12.1 Å². The van der Waals surface area contributed by atoms with Gasteiger partial charge in [-0.15, -0.1) is 10.2 Å². The highest BCUT2D eigenvalue weighted by molar-refractivity contribution is 5.91. The number of H-pyrrole nitrogens is 1. The fraction of sp³-hybridized carbons (Fsp3) is 0.368. The molecule has 2 N–H and O–H groups in total. The quantitative estimate of drug-likeness (QED) is 0.696. The Morgan fingerprint density at radius 1 is 1.26 bits per heavy atom. The summed E-state index contributed by atoms with van der Waals surface area (Å²) in [4.78, 5) is 12.3. The molecule has 5 rings (SSSR count). The summed E-state index contributed by atoms with van der Waals surface area (Å²) in [7, 11) is 0. The van der Waals surface area contributed by atoms with Crippen molar-refractivity contribution >= 4 is 5.91 Å². The normalized spacial score (nSPS) is 17.5. The minimum Gasteiger partial charge on any atom is -0.485 e. The number of rotatable bonds is 6. The first kappa shape index (κ1) is 16.0. The van der Waals surface area contributed by atoms with E-state index in [1.54, 1.807) is 12.1 Å². The van der Waals surface area contributed by atoms with Crippen LogP contribution in [0.5, 0.6) is 5.75 Å². The lowest BCUT2D eigenvalue weighted by Crippen LogP contribution is -2.45. The van der Waals surface area contributed by atoms with Crippen molar-refractivity contribution in [3.05, 3.63) is 47.9 Å². The number of para-hydroxylation sites is 1. The minimum absolute atomic E-state index is 0.158. The number of benzene rings is 1. The van der Waals surface area contributed by atoms with Gasteiger partial charge in [0, 0.05) is 6.04 Å². The molecule has 2 aliphatic carbocycles. The molecule has 2 saturated carbocycles. The number of hydrogen-bond donors (Lipinski definition) is 2. The third kappa shape index (κ3) is 3.18. The summed E-state index contributed by atoms with van der Waals surface area (Å²) in [6, 6.07) is 11.1. The summed E-state index contributed by atoms with van der Waals surface area (Å²) in [6.45, 7) is 0.203. The second-order valence-electron chi connectivity index (χ2n) is 7.36. The van der Waals surface area contributed by atoms with E-state index in [-0.39, 0.29) is 18.6 Å². The van der Waals surface area contributed by atoms with Gasteiger partial charge >= 0.3 is 0 Å². The number of aromatic nitrogens is 4. The van der Waals surface area contributed by atoms with E-state index in [2.05, 4.69) is 25.9 Å². The number of aromatic amines is 1. The van der Waals surface area contributed by atoms with Crippen LogP contribution >= 0.6 is 0 Å². The molecule has 8 heteroatoms. The number of tetrazole rings is 1. The summed E-state index contributed by atoms with van der Waals surface area (Å²) >= 11 is 0. The second-order valence-corrected chi connectivity index (χ2v) is 7.36. The summed E-state index contributed by atoms with van der Waals surface area (Å²) in [6.07, 6.45) is 4.82. The second kappa shape index (κ2) is 6.22. The molecule has 0 radical (unpaired) electrons. The van der Waals surface area contributed by atoms with Gasteiger partial charge in [0.1, 0.15) is 18.1 Å². The standard InChI is InChI=1S/C19H19N5O3/c25-18(20-12-9-19(10-12)7-8-19)16-6-5-13(27-16)11-26-15-4-2-1-3-14(15)17-21-23-24-22-17/h1-6,12H,7-11H2,(H,20,25)(H,21,22,23,24). The monoisotopic (exact) mass is 365 g/mol. The van der Waals surface area contributed by atoms with E-state index in [1.165, 1.54) is 12.8 Å². The molecule has 8 nitrogen and oxygen atoms in total. The molecule has 2 aliphatic rings. The van der Waals surface area contributed by atoms with Gasteiger partial charge in [-0.05, 0) is 60.6 Å². The van der Waals surface area contributed by atoms with E-state index in [1.807, 2.05) is 24.3 Å². The van der Waals surface area contributed by atoms with Gasteiger partial charge < -0.3 is 14.5 Å². The third-order valence-electron chi connectivity index (χ3n) is 5.38. The maximum Gasteiger partial charge on any atom is 0.287 e. The van der Waals surface area contributed by atoms with Gasteiger partial charge in [0.2, 0.25) is 5.82 Å². The molecule has 0 aliphatic heterocycles. The van der Waals surface area contributed by atoms with E-state index >= 15 is 0 Å². The Morgan fingerprint density at radius 3 is 2.89 bits per heavy atom. The zero-order chi connectivity index (χ0) is 18.3. The number of carbonyl (C=O) groups excluding carboxylic acids is 1. The Balaban J connectivity index is 1.21. The number of amides is 1. The molecule has 2 heterocycles. The van der Waals surface area contributed by atoms with Crippen molar-refractivity contribution < 1.29 is 13.9 Å². The van der Waals surface area contributed by atoms with E-state index in [0.717, 1.165) is 18.4 Å². The fourth-order valence-corrected chi connectivity index (χ4v) is 3.71. The molecule has 0 saturated heterocycles. The lowest BCUT2D eigenvalue weighted by molar-refractivity contribution is 0.0845. The molecule has 2 fully saturated rings. The molecule has 1 spiro atoms. The molecule has 2 aromatic heterocycles. The Bertz CT molecular complexity index is 953. The number of ether oxygens (including phenoxy) is 1. The van der Waals surface area contributed by atoms with Crippen molar-refractivity contribution in [2.75, 3.05) is 0 Å². The van der Waals surface area contributed by atoms with Crippen LogP contribution < -0.4 is 10.1 Å². The predicted octanol–water partition coefficient (Wildman–Crippen LogP) is 2.71. The number of carbonyl (C=O) groups is 1. The number of hydrogen-bond acceptors (Lipinski definition) is 6. The Morgan fingerprint density at radius 2 is 2.11 bits per heavy atom. The van der Waals surface area contributed by atoms with Crippen LogP contribution in [-0.2, 0) is 6.61 Å². The van der Waals surface area contributed by atoms with Gasteiger partial charge in [0.15, 0.2) is 5.76 Å². The smallest absolute Gasteiger partial charge is 0.287 e. The molecule has 0 atom stereocenters. The largest absolute Gasteiger partial charge is 0.485 e. The zero-order valence-corrected chi connectivity index (χ0v) is 14.6. The highest BCUT2D eigenvalue weighted by atomic mass is 16.5. The van der Waals surface area contributed by atoms with Crippen molar-refractivity contribution in [1.29, 1.82) is 0 Å². The Kier molecular flexibility index (Phi) is 3.70. The maximum absolute atomic E-state index is 12.3. The summed E-state index contributed by atoms with van der Waals surface area (Å²) in [5.74, 6) is 1.81. The van der Waals surface area contributed by atoms with E-state index in [0.29, 0.717) is 28.5 Å². The molecule has 0 unspecified atom stereocenters. The topological polar surface area (TPSA) is 106 Å². The number of nitrogens with zero attached hydrogens (tertiary/aromatic N) is 3. The summed E-state index contributed by atoms with van der Waals surface area (Å²) < 4.78 is 11.5. The maximum atomic E-state index is 12.3. The molecule has 27 heavy (non-hydrogen) atoms. The first-order valence-electron chi connectivity index (χ1n) is 9.06. The fourth-order valence-electron chi connectivity index (χ4n) is 3.71. The van der Waals surface area contributed by atoms with Gasteiger partial charge in [0.05, 0.1) is 5.56 Å². The molecular formula is C19H19N5O3. The SMILES string of the molecule is O=C(NC1CC2(CC2)C1)c1ccc(COc2ccccc2-c2nn[nH]n2)o1. The lowest BCUT2D eigenvalue weighted by atomic mass is 9.77. The van der Waals surface area contributed by atoms with Gasteiger partial charge in [-0.25, -0.2) is 0 Å². The number of furan rings is 1. The van der Waals surface area contributed by atoms with Crippen molar-refractivity contribution in [3.8, 4) is 17.1 Å². The van der Waals surface area contributed by atoms with Crippen molar-refractivity contribution in [2.24, 2.45) is 5.41 Å². The van der Waals surface area contributed by atoms with Crippen LogP contribution in [0.4, 0.5) is 0 Å². The molecule has 1 aromatic carbocycles. The van der Waals surface area contributed by atoms with Gasteiger partial charge in [-0.2, -0.15) is 5.21 Å². The minimum atomic E-state index is -0.158. The van der Waals surface area contributed by atoms with Crippen LogP contribution in [-0.4, -0.2) is 32.6 Å². The average Bonchev–Trinajstić information content (AvgIpc) is 3.09. The Hall–Kier alpha value is -3.16. The summed E-state index contributed by atoms with van der Waals surface area (Å²) in [5, 5.41) is 17.0. The molecule has 3 aromatic rings. The molecular weight excluding hydrogens is 346 g/mol.